The lowest BCUT2D eigenvalue weighted by molar-refractivity contribution is 0.0997. The first-order valence-corrected chi connectivity index (χ1v) is 6.52. The van der Waals surface area contributed by atoms with Crippen molar-refractivity contribution in [1.29, 1.82) is 0 Å². The summed E-state index contributed by atoms with van der Waals surface area (Å²) in [5.41, 5.74) is 13.5. The Hall–Kier alpha value is -1.94. The molecular weight excluding hydrogens is 244 g/mol. The maximum absolute atomic E-state index is 11.3. The molecule has 1 amide bonds. The van der Waals surface area contributed by atoms with Gasteiger partial charge in [0.05, 0.1) is 5.56 Å². The number of rotatable bonds is 4. The van der Waals surface area contributed by atoms with Gasteiger partial charge >= 0.3 is 0 Å². The van der Waals surface area contributed by atoms with Gasteiger partial charge < -0.3 is 11.5 Å². The predicted octanol–water partition coefficient (Wildman–Crippen LogP) is 2.66. The number of anilines is 1. The molecule has 0 saturated heterocycles. The summed E-state index contributed by atoms with van der Waals surface area (Å²) in [5, 5.41) is 0. The molecule has 0 bridgehead atoms. The molecule has 2 aromatic carbocycles. The van der Waals surface area contributed by atoms with Crippen molar-refractivity contribution in [2.45, 2.75) is 10.6 Å². The van der Waals surface area contributed by atoms with Gasteiger partial charge in [0, 0.05) is 16.3 Å². The summed E-state index contributed by atoms with van der Waals surface area (Å²) >= 11 is 1.53. The summed E-state index contributed by atoms with van der Waals surface area (Å²) in [4.78, 5) is 12.1. The number of thioether (sulfide) groups is 1. The number of hydrogen-bond donors (Lipinski definition) is 2. The highest BCUT2D eigenvalue weighted by Crippen LogP contribution is 2.31. The Kier molecular flexibility index (Phi) is 3.89. The van der Waals surface area contributed by atoms with E-state index in [2.05, 4.69) is 0 Å². The van der Waals surface area contributed by atoms with Gasteiger partial charge in [-0.25, -0.2) is 0 Å². The average molecular weight is 258 g/mol. The monoisotopic (exact) mass is 258 g/mol. The van der Waals surface area contributed by atoms with Crippen LogP contribution in [-0.4, -0.2) is 5.91 Å². The van der Waals surface area contributed by atoms with Gasteiger partial charge in [-0.05, 0) is 17.7 Å². The zero-order chi connectivity index (χ0) is 13.0. The van der Waals surface area contributed by atoms with Crippen LogP contribution >= 0.6 is 11.8 Å². The molecule has 0 heterocycles. The summed E-state index contributed by atoms with van der Waals surface area (Å²) < 4.78 is 0. The van der Waals surface area contributed by atoms with Crippen LogP contribution in [0.25, 0.3) is 0 Å². The molecule has 4 heteroatoms. The van der Waals surface area contributed by atoms with Gasteiger partial charge in [-0.3, -0.25) is 4.79 Å². The van der Waals surface area contributed by atoms with E-state index in [0.717, 1.165) is 10.6 Å². The lowest BCUT2D eigenvalue weighted by atomic mass is 10.2. The van der Waals surface area contributed by atoms with E-state index in [1.165, 1.54) is 17.3 Å². The zero-order valence-electron chi connectivity index (χ0n) is 9.80. The minimum atomic E-state index is -0.446. The summed E-state index contributed by atoms with van der Waals surface area (Å²) in [7, 11) is 0. The zero-order valence-corrected chi connectivity index (χ0v) is 10.6. The van der Waals surface area contributed by atoms with Gasteiger partial charge in [-0.1, -0.05) is 36.4 Å². The van der Waals surface area contributed by atoms with Gasteiger partial charge in [0.25, 0.3) is 0 Å². The molecule has 0 aliphatic carbocycles. The first kappa shape index (κ1) is 12.5. The molecule has 3 nitrogen and oxygen atoms in total. The first-order valence-electron chi connectivity index (χ1n) is 5.53. The maximum Gasteiger partial charge on any atom is 0.249 e. The largest absolute Gasteiger partial charge is 0.398 e. The lowest BCUT2D eigenvalue weighted by Crippen LogP contribution is -2.13. The molecule has 2 rings (SSSR count). The van der Waals surface area contributed by atoms with E-state index < -0.39 is 5.91 Å². The summed E-state index contributed by atoms with van der Waals surface area (Å²) in [6.07, 6.45) is 0. The standard InChI is InChI=1S/C14H14N2OS/c15-12-8-4-7-11(14(16)17)13(12)18-9-10-5-2-1-3-6-10/h1-8H,9,15H2,(H2,16,17). The Morgan fingerprint density at radius 2 is 1.78 bits per heavy atom. The van der Waals surface area contributed by atoms with Crippen LogP contribution in [0, 0.1) is 0 Å². The molecule has 18 heavy (non-hydrogen) atoms. The number of benzene rings is 2. The molecule has 4 N–H and O–H groups in total. The van der Waals surface area contributed by atoms with Crippen molar-refractivity contribution in [3.8, 4) is 0 Å². The van der Waals surface area contributed by atoms with Crippen LogP contribution in [-0.2, 0) is 5.75 Å². The topological polar surface area (TPSA) is 69.1 Å². The number of carbonyl (C=O) groups excluding carboxylic acids is 1. The Balaban J connectivity index is 2.21. The minimum Gasteiger partial charge on any atom is -0.398 e. The second-order valence-electron chi connectivity index (χ2n) is 3.86. The summed E-state index contributed by atoms with van der Waals surface area (Å²) in [5.74, 6) is 0.313. The second-order valence-corrected chi connectivity index (χ2v) is 4.85. The van der Waals surface area contributed by atoms with E-state index in [-0.39, 0.29) is 0 Å². The molecule has 0 aliphatic heterocycles. The number of nitrogen functional groups attached to an aromatic ring is 1. The van der Waals surface area contributed by atoms with Crippen molar-refractivity contribution >= 4 is 23.4 Å². The Bertz CT molecular complexity index is 555. The molecule has 0 saturated carbocycles. The number of carbonyl (C=O) groups is 1. The van der Waals surface area contributed by atoms with E-state index in [1.54, 1.807) is 18.2 Å². The van der Waals surface area contributed by atoms with Crippen molar-refractivity contribution < 1.29 is 4.79 Å². The van der Waals surface area contributed by atoms with Crippen molar-refractivity contribution in [2.75, 3.05) is 5.73 Å². The van der Waals surface area contributed by atoms with E-state index in [4.69, 9.17) is 11.5 Å². The van der Waals surface area contributed by atoms with Gasteiger partial charge in [-0.15, -0.1) is 11.8 Å². The Morgan fingerprint density at radius 1 is 1.06 bits per heavy atom. The third kappa shape index (κ3) is 2.84. The van der Waals surface area contributed by atoms with Crippen molar-refractivity contribution in [1.82, 2.24) is 0 Å². The van der Waals surface area contributed by atoms with Gasteiger partial charge in [-0.2, -0.15) is 0 Å². The van der Waals surface area contributed by atoms with Crippen LogP contribution < -0.4 is 11.5 Å². The van der Waals surface area contributed by atoms with E-state index in [0.29, 0.717) is 11.3 Å². The smallest absolute Gasteiger partial charge is 0.249 e. The van der Waals surface area contributed by atoms with Crippen LogP contribution in [0.2, 0.25) is 0 Å². The summed E-state index contributed by atoms with van der Waals surface area (Å²) in [6, 6.07) is 15.2. The molecule has 0 aromatic heterocycles. The number of nitrogens with two attached hydrogens (primary N) is 2. The number of hydrogen-bond acceptors (Lipinski definition) is 3. The predicted molar refractivity (Wildman–Crippen MR) is 75.4 cm³/mol. The van der Waals surface area contributed by atoms with Crippen molar-refractivity contribution in [3.63, 3.8) is 0 Å². The van der Waals surface area contributed by atoms with Crippen LogP contribution in [0.15, 0.2) is 53.4 Å². The SMILES string of the molecule is NC(=O)c1cccc(N)c1SCc1ccccc1. The number of amides is 1. The highest BCUT2D eigenvalue weighted by molar-refractivity contribution is 7.98. The minimum absolute atomic E-state index is 0.446. The van der Waals surface area contributed by atoms with E-state index in [1.807, 2.05) is 30.3 Å². The Morgan fingerprint density at radius 3 is 2.44 bits per heavy atom. The van der Waals surface area contributed by atoms with Crippen LogP contribution in [0.3, 0.4) is 0 Å². The summed E-state index contributed by atoms with van der Waals surface area (Å²) in [6.45, 7) is 0. The maximum atomic E-state index is 11.3. The molecule has 0 fully saturated rings. The van der Waals surface area contributed by atoms with Gasteiger partial charge in [0.15, 0.2) is 0 Å². The third-order valence-electron chi connectivity index (χ3n) is 2.54. The number of primary amides is 1. The quantitative estimate of drug-likeness (QED) is 0.654. The highest BCUT2D eigenvalue weighted by atomic mass is 32.2. The van der Waals surface area contributed by atoms with Gasteiger partial charge in [0.2, 0.25) is 5.91 Å². The fourth-order valence-electron chi connectivity index (χ4n) is 1.64. The third-order valence-corrected chi connectivity index (χ3v) is 3.76. The van der Waals surface area contributed by atoms with E-state index in [9.17, 15) is 4.79 Å². The molecule has 0 radical (unpaired) electrons. The molecule has 0 spiro atoms. The van der Waals surface area contributed by atoms with Crippen LogP contribution in [0.1, 0.15) is 15.9 Å². The van der Waals surface area contributed by atoms with E-state index >= 15 is 0 Å². The van der Waals surface area contributed by atoms with Crippen LogP contribution in [0.4, 0.5) is 5.69 Å². The van der Waals surface area contributed by atoms with Gasteiger partial charge in [0.1, 0.15) is 0 Å². The molecule has 0 aliphatic rings. The Labute approximate surface area is 110 Å². The first-order chi connectivity index (χ1) is 8.68. The highest BCUT2D eigenvalue weighted by Gasteiger charge is 2.11. The molecular formula is C14H14N2OS. The normalized spacial score (nSPS) is 10.2. The molecule has 2 aromatic rings. The van der Waals surface area contributed by atoms with Crippen molar-refractivity contribution in [3.05, 3.63) is 59.7 Å². The van der Waals surface area contributed by atoms with Crippen LogP contribution in [0.5, 0.6) is 0 Å². The fraction of sp³-hybridized carbons (Fsp3) is 0.0714. The molecule has 0 unspecified atom stereocenters. The molecule has 0 atom stereocenters. The lowest BCUT2D eigenvalue weighted by Gasteiger charge is -2.09. The second kappa shape index (κ2) is 5.60. The van der Waals surface area contributed by atoms with Crippen molar-refractivity contribution in [2.24, 2.45) is 5.73 Å². The molecule has 92 valence electrons. The fourth-order valence-corrected chi connectivity index (χ4v) is 2.70. The average Bonchev–Trinajstić information content (AvgIpc) is 2.38.